The van der Waals surface area contributed by atoms with E-state index in [-0.39, 0.29) is 12.5 Å². The van der Waals surface area contributed by atoms with Gasteiger partial charge in [0, 0.05) is 16.1 Å². The first-order valence-corrected chi connectivity index (χ1v) is 4.68. The second kappa shape index (κ2) is 4.07. The SMILES string of the molecule is CC(CO)c1ccc(I)cc1. The summed E-state index contributed by atoms with van der Waals surface area (Å²) in [5.41, 5.74) is 1.20. The Hall–Kier alpha value is -0.0900. The zero-order valence-corrected chi connectivity index (χ0v) is 8.58. The molecule has 0 aliphatic carbocycles. The van der Waals surface area contributed by atoms with Crippen LogP contribution in [-0.4, -0.2) is 11.7 Å². The van der Waals surface area contributed by atoms with Gasteiger partial charge in [-0.1, -0.05) is 19.1 Å². The van der Waals surface area contributed by atoms with Crippen molar-refractivity contribution in [3.05, 3.63) is 33.4 Å². The van der Waals surface area contributed by atoms with E-state index in [1.165, 1.54) is 9.13 Å². The number of benzene rings is 1. The van der Waals surface area contributed by atoms with Crippen molar-refractivity contribution in [1.82, 2.24) is 0 Å². The summed E-state index contributed by atoms with van der Waals surface area (Å²) < 4.78 is 1.23. The third kappa shape index (κ3) is 2.45. The van der Waals surface area contributed by atoms with Crippen LogP contribution < -0.4 is 0 Å². The third-order valence-electron chi connectivity index (χ3n) is 1.71. The second-order valence-corrected chi connectivity index (χ2v) is 3.88. The number of aliphatic hydroxyl groups is 1. The van der Waals surface area contributed by atoms with Crippen molar-refractivity contribution < 1.29 is 5.11 Å². The third-order valence-corrected chi connectivity index (χ3v) is 2.43. The lowest BCUT2D eigenvalue weighted by Crippen LogP contribution is -1.97. The molecule has 60 valence electrons. The second-order valence-electron chi connectivity index (χ2n) is 2.64. The van der Waals surface area contributed by atoms with Crippen LogP contribution in [0.1, 0.15) is 18.4 Å². The Morgan fingerprint density at radius 2 is 1.91 bits per heavy atom. The van der Waals surface area contributed by atoms with Gasteiger partial charge in [-0.2, -0.15) is 0 Å². The first kappa shape index (κ1) is 9.00. The van der Waals surface area contributed by atoms with Crippen LogP contribution in [0.15, 0.2) is 24.3 Å². The highest BCUT2D eigenvalue weighted by molar-refractivity contribution is 14.1. The standard InChI is InChI=1S/C9H11IO/c1-7(6-11)8-2-4-9(10)5-3-8/h2-5,7,11H,6H2,1H3. The Labute approximate surface area is 80.6 Å². The van der Waals surface area contributed by atoms with Gasteiger partial charge in [-0.15, -0.1) is 0 Å². The van der Waals surface area contributed by atoms with Crippen LogP contribution in [0, 0.1) is 3.57 Å². The molecule has 0 spiro atoms. The summed E-state index contributed by atoms with van der Waals surface area (Å²) in [6.07, 6.45) is 0. The molecule has 0 bridgehead atoms. The van der Waals surface area contributed by atoms with Crippen molar-refractivity contribution >= 4 is 22.6 Å². The zero-order valence-electron chi connectivity index (χ0n) is 6.42. The van der Waals surface area contributed by atoms with Crippen molar-refractivity contribution in [3.8, 4) is 0 Å². The Kier molecular flexibility index (Phi) is 3.33. The van der Waals surface area contributed by atoms with Crippen LogP contribution >= 0.6 is 22.6 Å². The van der Waals surface area contributed by atoms with Gasteiger partial charge >= 0.3 is 0 Å². The summed E-state index contributed by atoms with van der Waals surface area (Å²) in [6, 6.07) is 8.23. The van der Waals surface area contributed by atoms with Crippen LogP contribution in [-0.2, 0) is 0 Å². The Bertz CT molecular complexity index is 218. The number of halogens is 1. The molecule has 0 saturated heterocycles. The van der Waals surface area contributed by atoms with E-state index in [0.29, 0.717) is 0 Å². The first-order chi connectivity index (χ1) is 5.24. The largest absolute Gasteiger partial charge is 0.396 e. The van der Waals surface area contributed by atoms with Gasteiger partial charge in [0.15, 0.2) is 0 Å². The van der Waals surface area contributed by atoms with Crippen molar-refractivity contribution in [2.24, 2.45) is 0 Å². The van der Waals surface area contributed by atoms with Crippen molar-refractivity contribution in [1.29, 1.82) is 0 Å². The quantitative estimate of drug-likeness (QED) is 0.811. The minimum atomic E-state index is 0.223. The van der Waals surface area contributed by atoms with Gasteiger partial charge in [0.1, 0.15) is 0 Å². The summed E-state index contributed by atoms with van der Waals surface area (Å²) in [4.78, 5) is 0. The lowest BCUT2D eigenvalue weighted by molar-refractivity contribution is 0.273. The Balaban J connectivity index is 2.81. The molecule has 2 heteroatoms. The van der Waals surface area contributed by atoms with E-state index < -0.39 is 0 Å². The average molecular weight is 262 g/mol. The van der Waals surface area contributed by atoms with E-state index in [1.54, 1.807) is 0 Å². The molecule has 0 fully saturated rings. The van der Waals surface area contributed by atoms with Crippen molar-refractivity contribution in [2.45, 2.75) is 12.8 Å². The molecule has 1 atom stereocenters. The molecule has 1 rings (SSSR count). The van der Waals surface area contributed by atoms with E-state index >= 15 is 0 Å². The fourth-order valence-corrected chi connectivity index (χ4v) is 1.26. The maximum Gasteiger partial charge on any atom is 0.0497 e. The number of hydrogen-bond acceptors (Lipinski definition) is 1. The molecular weight excluding hydrogens is 251 g/mol. The molecule has 0 saturated carbocycles. The number of hydrogen-bond donors (Lipinski definition) is 1. The van der Waals surface area contributed by atoms with E-state index in [2.05, 4.69) is 46.9 Å². The topological polar surface area (TPSA) is 20.2 Å². The Morgan fingerprint density at radius 1 is 1.36 bits per heavy atom. The lowest BCUT2D eigenvalue weighted by Gasteiger charge is -2.06. The summed E-state index contributed by atoms with van der Waals surface area (Å²) >= 11 is 2.27. The molecule has 0 aliphatic rings. The molecule has 0 amide bonds. The fourth-order valence-electron chi connectivity index (χ4n) is 0.897. The van der Waals surface area contributed by atoms with Crippen LogP contribution in [0.4, 0.5) is 0 Å². The molecule has 0 aliphatic heterocycles. The van der Waals surface area contributed by atoms with E-state index in [9.17, 15) is 0 Å². The highest BCUT2D eigenvalue weighted by atomic mass is 127. The zero-order chi connectivity index (χ0) is 8.27. The molecule has 11 heavy (non-hydrogen) atoms. The number of rotatable bonds is 2. The summed E-state index contributed by atoms with van der Waals surface area (Å²) in [7, 11) is 0. The molecule has 0 radical (unpaired) electrons. The molecule has 1 aromatic carbocycles. The van der Waals surface area contributed by atoms with Crippen LogP contribution in [0.25, 0.3) is 0 Å². The van der Waals surface area contributed by atoms with Crippen LogP contribution in [0.2, 0.25) is 0 Å². The van der Waals surface area contributed by atoms with Crippen molar-refractivity contribution in [2.75, 3.05) is 6.61 Å². The van der Waals surface area contributed by atoms with Gasteiger partial charge in [0.25, 0.3) is 0 Å². The average Bonchev–Trinajstić information content (AvgIpc) is 2.05. The first-order valence-electron chi connectivity index (χ1n) is 3.60. The smallest absolute Gasteiger partial charge is 0.0497 e. The normalized spacial score (nSPS) is 13.0. The maximum absolute atomic E-state index is 8.86. The highest BCUT2D eigenvalue weighted by Crippen LogP contribution is 2.15. The fraction of sp³-hybridized carbons (Fsp3) is 0.333. The minimum Gasteiger partial charge on any atom is -0.396 e. The molecular formula is C9H11IO. The lowest BCUT2D eigenvalue weighted by atomic mass is 10.0. The summed E-state index contributed by atoms with van der Waals surface area (Å²) in [5, 5.41) is 8.86. The van der Waals surface area contributed by atoms with Crippen LogP contribution in [0.3, 0.4) is 0 Å². The minimum absolute atomic E-state index is 0.223. The van der Waals surface area contributed by atoms with Gasteiger partial charge in [-0.05, 0) is 40.3 Å². The summed E-state index contributed by atoms with van der Waals surface area (Å²) in [5.74, 6) is 0.256. The molecule has 1 aromatic rings. The van der Waals surface area contributed by atoms with Gasteiger partial charge < -0.3 is 5.11 Å². The number of aliphatic hydroxyl groups excluding tert-OH is 1. The van der Waals surface area contributed by atoms with Crippen LogP contribution in [0.5, 0.6) is 0 Å². The van der Waals surface area contributed by atoms with Gasteiger partial charge in [0.2, 0.25) is 0 Å². The Morgan fingerprint density at radius 3 is 2.36 bits per heavy atom. The van der Waals surface area contributed by atoms with E-state index in [4.69, 9.17) is 5.11 Å². The summed E-state index contributed by atoms with van der Waals surface area (Å²) in [6.45, 7) is 2.24. The predicted octanol–water partition coefficient (Wildman–Crippen LogP) is 2.39. The van der Waals surface area contributed by atoms with E-state index in [0.717, 1.165) is 0 Å². The van der Waals surface area contributed by atoms with E-state index in [1.807, 2.05) is 6.92 Å². The molecule has 1 nitrogen and oxygen atoms in total. The predicted molar refractivity (Wildman–Crippen MR) is 54.7 cm³/mol. The van der Waals surface area contributed by atoms with Gasteiger partial charge in [-0.25, -0.2) is 0 Å². The monoisotopic (exact) mass is 262 g/mol. The van der Waals surface area contributed by atoms with Gasteiger partial charge in [0.05, 0.1) is 0 Å². The van der Waals surface area contributed by atoms with Gasteiger partial charge in [-0.3, -0.25) is 0 Å². The molecule has 1 N–H and O–H groups in total. The van der Waals surface area contributed by atoms with Crippen molar-refractivity contribution in [3.63, 3.8) is 0 Å². The molecule has 0 heterocycles. The highest BCUT2D eigenvalue weighted by Gasteiger charge is 2.01. The molecule has 1 unspecified atom stereocenters. The maximum atomic E-state index is 8.86. The molecule has 0 aromatic heterocycles.